The molecule has 22 heavy (non-hydrogen) atoms. The molecule has 1 aliphatic rings. The summed E-state index contributed by atoms with van der Waals surface area (Å²) in [4.78, 5) is 24.1. The molecule has 0 fully saturated rings. The van der Waals surface area contributed by atoms with Crippen molar-refractivity contribution in [3.8, 4) is 0 Å². The zero-order chi connectivity index (χ0) is 15.9. The molecule has 0 saturated heterocycles. The zero-order valence-electron chi connectivity index (χ0n) is 13.3. The van der Waals surface area contributed by atoms with Crippen molar-refractivity contribution in [3.05, 3.63) is 35.5 Å². The Labute approximate surface area is 130 Å². The molecule has 0 amide bonds. The Morgan fingerprint density at radius 3 is 2.73 bits per heavy atom. The van der Waals surface area contributed by atoms with Crippen molar-refractivity contribution in [3.63, 3.8) is 0 Å². The molecular weight excluding hydrogens is 278 g/mol. The third kappa shape index (κ3) is 2.43. The highest BCUT2D eigenvalue weighted by molar-refractivity contribution is 5.96. The lowest BCUT2D eigenvalue weighted by molar-refractivity contribution is -0.109. The number of carbonyl (C=O) groups excluding carboxylic acids is 2. The maximum absolute atomic E-state index is 12.7. The van der Waals surface area contributed by atoms with E-state index in [-0.39, 0.29) is 12.0 Å². The molecule has 2 aromatic rings. The molecule has 0 N–H and O–H groups in total. The van der Waals surface area contributed by atoms with Crippen molar-refractivity contribution in [2.75, 3.05) is 0 Å². The van der Waals surface area contributed by atoms with Crippen molar-refractivity contribution in [1.82, 2.24) is 4.57 Å². The van der Waals surface area contributed by atoms with Gasteiger partial charge in [0.1, 0.15) is 11.9 Å². The summed E-state index contributed by atoms with van der Waals surface area (Å²) in [7, 11) is 0. The highest BCUT2D eigenvalue weighted by atomic mass is 16.6. The van der Waals surface area contributed by atoms with Crippen LogP contribution in [-0.2, 0) is 16.0 Å². The number of rotatable bonds is 1. The molecule has 0 aliphatic heterocycles. The zero-order valence-corrected chi connectivity index (χ0v) is 13.3. The monoisotopic (exact) mass is 299 g/mol. The van der Waals surface area contributed by atoms with Gasteiger partial charge in [-0.1, -0.05) is 18.2 Å². The largest absolute Gasteiger partial charge is 0.443 e. The van der Waals surface area contributed by atoms with Gasteiger partial charge in [-0.05, 0) is 51.7 Å². The molecular formula is C18H21NO3. The van der Waals surface area contributed by atoms with Gasteiger partial charge in [-0.2, -0.15) is 0 Å². The molecule has 116 valence electrons. The highest BCUT2D eigenvalue weighted by Crippen LogP contribution is 2.38. The summed E-state index contributed by atoms with van der Waals surface area (Å²) < 4.78 is 7.22. The second-order valence-corrected chi connectivity index (χ2v) is 6.83. The third-order valence-electron chi connectivity index (χ3n) is 4.06. The number of fused-ring (bicyclic) bond motifs is 3. The molecule has 0 bridgehead atoms. The molecule has 0 saturated carbocycles. The van der Waals surface area contributed by atoms with E-state index < -0.39 is 5.60 Å². The maximum atomic E-state index is 12.7. The Morgan fingerprint density at radius 1 is 1.32 bits per heavy atom. The first kappa shape index (κ1) is 14.8. The minimum Gasteiger partial charge on any atom is -0.443 e. The maximum Gasteiger partial charge on any atom is 0.419 e. The average Bonchev–Trinajstić information content (AvgIpc) is 2.79. The second kappa shape index (κ2) is 5.27. The van der Waals surface area contributed by atoms with Crippen LogP contribution in [0.4, 0.5) is 4.79 Å². The topological polar surface area (TPSA) is 48.3 Å². The average molecular weight is 299 g/mol. The molecule has 4 nitrogen and oxygen atoms in total. The number of hydrogen-bond donors (Lipinski definition) is 0. The Balaban J connectivity index is 2.22. The minimum atomic E-state index is -0.548. The normalized spacial score (nSPS) is 18.0. The van der Waals surface area contributed by atoms with Crippen molar-refractivity contribution in [2.24, 2.45) is 0 Å². The second-order valence-electron chi connectivity index (χ2n) is 6.83. The van der Waals surface area contributed by atoms with Crippen LogP contribution in [0.25, 0.3) is 10.9 Å². The predicted octanol–water partition coefficient (Wildman–Crippen LogP) is 4.04. The SMILES string of the molecule is CC(C)(C)OC(=O)n1c2c(c3ccccc31)[C@@H](C=O)CCC2. The molecule has 4 heteroatoms. The number of benzene rings is 1. The van der Waals surface area contributed by atoms with E-state index in [9.17, 15) is 9.59 Å². The van der Waals surface area contributed by atoms with Crippen LogP contribution in [0.3, 0.4) is 0 Å². The number of aldehydes is 1. The molecule has 0 spiro atoms. The van der Waals surface area contributed by atoms with E-state index in [2.05, 4.69) is 0 Å². The van der Waals surface area contributed by atoms with Gasteiger partial charge in [0, 0.05) is 17.0 Å². The Hall–Kier alpha value is -2.10. The lowest BCUT2D eigenvalue weighted by Crippen LogP contribution is -2.28. The Morgan fingerprint density at radius 2 is 2.05 bits per heavy atom. The summed E-state index contributed by atoms with van der Waals surface area (Å²) in [5.74, 6) is -0.127. The summed E-state index contributed by atoms with van der Waals surface area (Å²) in [6.07, 6.45) is 3.20. The van der Waals surface area contributed by atoms with Gasteiger partial charge in [-0.3, -0.25) is 0 Å². The van der Waals surface area contributed by atoms with Crippen molar-refractivity contribution in [1.29, 1.82) is 0 Å². The van der Waals surface area contributed by atoms with Gasteiger partial charge in [0.2, 0.25) is 0 Å². The van der Waals surface area contributed by atoms with Crippen LogP contribution < -0.4 is 0 Å². The van der Waals surface area contributed by atoms with E-state index in [4.69, 9.17) is 4.74 Å². The molecule has 1 aliphatic carbocycles. The lowest BCUT2D eigenvalue weighted by atomic mass is 9.86. The molecule has 0 radical (unpaired) electrons. The predicted molar refractivity (Wildman–Crippen MR) is 85.3 cm³/mol. The van der Waals surface area contributed by atoms with Crippen LogP contribution >= 0.6 is 0 Å². The van der Waals surface area contributed by atoms with E-state index in [0.717, 1.165) is 47.7 Å². The number of aromatic nitrogens is 1. The molecule has 3 rings (SSSR count). The first-order valence-electron chi connectivity index (χ1n) is 7.73. The van der Waals surface area contributed by atoms with Gasteiger partial charge in [-0.15, -0.1) is 0 Å². The number of nitrogens with zero attached hydrogens (tertiary/aromatic N) is 1. The van der Waals surface area contributed by atoms with E-state index >= 15 is 0 Å². The third-order valence-corrected chi connectivity index (χ3v) is 4.06. The Bertz CT molecular complexity index is 737. The fourth-order valence-electron chi connectivity index (χ4n) is 3.26. The van der Waals surface area contributed by atoms with Gasteiger partial charge in [0.25, 0.3) is 0 Å². The summed E-state index contributed by atoms with van der Waals surface area (Å²) in [5.41, 5.74) is 2.21. The first-order valence-corrected chi connectivity index (χ1v) is 7.73. The number of ether oxygens (including phenoxy) is 1. The van der Waals surface area contributed by atoms with E-state index in [0.29, 0.717) is 0 Å². The highest BCUT2D eigenvalue weighted by Gasteiger charge is 2.30. The van der Waals surface area contributed by atoms with Gasteiger partial charge >= 0.3 is 6.09 Å². The summed E-state index contributed by atoms with van der Waals surface area (Å²) in [6, 6.07) is 7.75. The molecule has 1 aromatic carbocycles. The number of carbonyl (C=O) groups is 2. The van der Waals surface area contributed by atoms with Crippen molar-refractivity contribution in [2.45, 2.75) is 51.6 Å². The summed E-state index contributed by atoms with van der Waals surface area (Å²) >= 11 is 0. The molecule has 1 aromatic heterocycles. The number of para-hydroxylation sites is 1. The van der Waals surface area contributed by atoms with Gasteiger partial charge < -0.3 is 9.53 Å². The van der Waals surface area contributed by atoms with E-state index in [1.165, 1.54) is 0 Å². The van der Waals surface area contributed by atoms with Gasteiger partial charge in [0.15, 0.2) is 0 Å². The number of hydrogen-bond acceptors (Lipinski definition) is 3. The van der Waals surface area contributed by atoms with Crippen LogP contribution in [0.5, 0.6) is 0 Å². The van der Waals surface area contributed by atoms with Gasteiger partial charge in [-0.25, -0.2) is 9.36 Å². The van der Waals surface area contributed by atoms with Crippen LogP contribution in [0.15, 0.2) is 24.3 Å². The fraction of sp³-hybridized carbons (Fsp3) is 0.444. The minimum absolute atomic E-state index is 0.127. The fourth-order valence-corrected chi connectivity index (χ4v) is 3.26. The quantitative estimate of drug-likeness (QED) is 0.747. The summed E-state index contributed by atoms with van der Waals surface area (Å²) in [5, 5.41) is 0.986. The smallest absolute Gasteiger partial charge is 0.419 e. The lowest BCUT2D eigenvalue weighted by Gasteiger charge is -2.23. The van der Waals surface area contributed by atoms with Crippen LogP contribution in [0.1, 0.15) is 50.8 Å². The molecule has 0 unspecified atom stereocenters. The van der Waals surface area contributed by atoms with Crippen molar-refractivity contribution < 1.29 is 14.3 Å². The summed E-state index contributed by atoms with van der Waals surface area (Å²) in [6.45, 7) is 5.58. The van der Waals surface area contributed by atoms with Crippen LogP contribution in [0, 0.1) is 0 Å². The van der Waals surface area contributed by atoms with Crippen LogP contribution in [0.2, 0.25) is 0 Å². The van der Waals surface area contributed by atoms with Gasteiger partial charge in [0.05, 0.1) is 5.52 Å². The Kier molecular flexibility index (Phi) is 3.55. The van der Waals surface area contributed by atoms with Crippen molar-refractivity contribution >= 4 is 23.3 Å². The molecule has 1 atom stereocenters. The van der Waals surface area contributed by atoms with Crippen LogP contribution in [-0.4, -0.2) is 22.5 Å². The van der Waals surface area contributed by atoms with E-state index in [1.807, 2.05) is 45.0 Å². The molecule has 1 heterocycles. The standard InChI is InChI=1S/C18H21NO3/c1-18(2,3)22-17(21)19-14-9-5-4-8-13(14)16-12(11-20)7-6-10-15(16)19/h4-5,8-9,11-12H,6-7,10H2,1-3H3/t12-/m1/s1. The first-order chi connectivity index (χ1) is 10.4. The van der Waals surface area contributed by atoms with E-state index in [1.54, 1.807) is 4.57 Å².